The lowest BCUT2D eigenvalue weighted by Crippen LogP contribution is -2.54. The van der Waals surface area contributed by atoms with Crippen molar-refractivity contribution < 1.29 is 19.4 Å². The van der Waals surface area contributed by atoms with E-state index >= 15 is 0 Å². The van der Waals surface area contributed by atoms with Crippen LogP contribution in [0.5, 0.6) is 0 Å². The number of methoxy groups -OCH3 is 1. The molecule has 1 aliphatic carbocycles. The van der Waals surface area contributed by atoms with Crippen LogP contribution < -0.4 is 5.32 Å². The van der Waals surface area contributed by atoms with Crippen LogP contribution in [0.1, 0.15) is 42.5 Å². The number of carboxylic acid groups (broad SMARTS) is 1. The zero-order valence-electron chi connectivity index (χ0n) is 10.9. The van der Waals surface area contributed by atoms with Crippen LogP contribution in [0.2, 0.25) is 0 Å². The van der Waals surface area contributed by atoms with E-state index in [1.807, 2.05) is 0 Å². The van der Waals surface area contributed by atoms with Crippen LogP contribution in [-0.4, -0.2) is 40.2 Å². The van der Waals surface area contributed by atoms with Gasteiger partial charge in [-0.3, -0.25) is 4.79 Å². The van der Waals surface area contributed by atoms with Crippen molar-refractivity contribution in [2.75, 3.05) is 7.11 Å². The summed E-state index contributed by atoms with van der Waals surface area (Å²) < 4.78 is 4.97. The number of amides is 1. The Balaban J connectivity index is 2.17. The summed E-state index contributed by atoms with van der Waals surface area (Å²) >= 11 is 0. The lowest BCUT2D eigenvalue weighted by molar-refractivity contribution is -0.133. The average Bonchev–Trinajstić information content (AvgIpc) is 2.82. The molecule has 2 rings (SSSR count). The Labute approximate surface area is 110 Å². The second kappa shape index (κ2) is 5.00. The molecule has 19 heavy (non-hydrogen) atoms. The van der Waals surface area contributed by atoms with Gasteiger partial charge in [0.2, 0.25) is 5.91 Å². The van der Waals surface area contributed by atoms with E-state index in [1.165, 1.54) is 13.3 Å². The molecule has 1 aliphatic rings. The van der Waals surface area contributed by atoms with Crippen LogP contribution in [0, 0.1) is 0 Å². The largest absolute Gasteiger partial charge is 0.477 e. The van der Waals surface area contributed by atoms with E-state index in [0.717, 1.165) is 19.3 Å². The molecule has 7 heteroatoms. The van der Waals surface area contributed by atoms with E-state index in [0.29, 0.717) is 5.82 Å². The Morgan fingerprint density at radius 1 is 1.58 bits per heavy atom. The Morgan fingerprint density at radius 2 is 2.26 bits per heavy atom. The lowest BCUT2D eigenvalue weighted by atomic mass is 9.76. The van der Waals surface area contributed by atoms with Gasteiger partial charge in [-0.1, -0.05) is 0 Å². The van der Waals surface area contributed by atoms with Crippen molar-refractivity contribution in [3.05, 3.63) is 17.7 Å². The number of carbonyl (C=O) groups is 2. The average molecular weight is 267 g/mol. The number of nitrogens with one attached hydrogen (secondary N) is 2. The van der Waals surface area contributed by atoms with Crippen molar-refractivity contribution in [1.29, 1.82) is 0 Å². The van der Waals surface area contributed by atoms with Crippen LogP contribution in [0.15, 0.2) is 6.20 Å². The zero-order chi connectivity index (χ0) is 14.0. The van der Waals surface area contributed by atoms with Gasteiger partial charge >= 0.3 is 5.97 Å². The molecular weight excluding hydrogens is 250 g/mol. The molecular formula is C12H17N3O4. The Bertz CT molecular complexity index is 493. The number of carboxylic acids is 1. The van der Waals surface area contributed by atoms with Crippen molar-refractivity contribution in [2.45, 2.75) is 37.8 Å². The number of H-pyrrole nitrogens is 1. The molecule has 7 nitrogen and oxygen atoms in total. The summed E-state index contributed by atoms with van der Waals surface area (Å²) in [5, 5.41) is 11.8. The van der Waals surface area contributed by atoms with Gasteiger partial charge in [-0.2, -0.15) is 0 Å². The molecule has 104 valence electrons. The van der Waals surface area contributed by atoms with Gasteiger partial charge < -0.3 is 20.1 Å². The quantitative estimate of drug-likeness (QED) is 0.726. The van der Waals surface area contributed by atoms with Crippen molar-refractivity contribution in [2.24, 2.45) is 0 Å². The fraction of sp³-hybridized carbons (Fsp3) is 0.583. The molecule has 0 aromatic carbocycles. The molecule has 1 aromatic heterocycles. The number of rotatable bonds is 5. The highest BCUT2D eigenvalue weighted by molar-refractivity contribution is 5.85. The highest BCUT2D eigenvalue weighted by Crippen LogP contribution is 2.39. The second-order valence-electron chi connectivity index (χ2n) is 4.75. The van der Waals surface area contributed by atoms with Crippen LogP contribution in [-0.2, 0) is 15.1 Å². The first-order chi connectivity index (χ1) is 8.98. The van der Waals surface area contributed by atoms with E-state index < -0.39 is 17.6 Å². The van der Waals surface area contributed by atoms with E-state index in [-0.39, 0.29) is 11.6 Å². The molecule has 0 saturated heterocycles. The summed E-state index contributed by atoms with van der Waals surface area (Å²) in [4.78, 5) is 29.6. The third-order valence-electron chi connectivity index (χ3n) is 3.55. The zero-order valence-corrected chi connectivity index (χ0v) is 10.9. The molecule has 1 aromatic rings. The number of aromatic carboxylic acids is 1. The summed E-state index contributed by atoms with van der Waals surface area (Å²) in [6.07, 6.45) is 3.16. The van der Waals surface area contributed by atoms with E-state index in [1.54, 1.807) is 6.92 Å². The fourth-order valence-electron chi connectivity index (χ4n) is 2.07. The molecule has 0 spiro atoms. The first kappa shape index (κ1) is 13.5. The molecule has 1 heterocycles. The Morgan fingerprint density at radius 3 is 2.68 bits per heavy atom. The topological polar surface area (TPSA) is 104 Å². The van der Waals surface area contributed by atoms with Crippen molar-refractivity contribution in [3.8, 4) is 0 Å². The normalized spacial score (nSPS) is 18.4. The number of ether oxygens (including phenoxy) is 1. The summed E-state index contributed by atoms with van der Waals surface area (Å²) in [5.41, 5.74) is -0.562. The van der Waals surface area contributed by atoms with Crippen molar-refractivity contribution >= 4 is 11.9 Å². The number of aromatic amines is 1. The smallest absolute Gasteiger partial charge is 0.353 e. The van der Waals surface area contributed by atoms with Gasteiger partial charge in [0, 0.05) is 7.11 Å². The lowest BCUT2D eigenvalue weighted by Gasteiger charge is -2.41. The predicted octanol–water partition coefficient (Wildman–Crippen LogP) is 0.638. The van der Waals surface area contributed by atoms with Gasteiger partial charge in [0.1, 0.15) is 17.6 Å². The van der Waals surface area contributed by atoms with Gasteiger partial charge in [-0.05, 0) is 26.2 Å². The SMILES string of the molecule is COC(C)C(=O)NC1(c2ncc(C(=O)O)[nH]2)CCC1. The number of nitrogens with zero attached hydrogens (tertiary/aromatic N) is 1. The molecule has 1 amide bonds. The van der Waals surface area contributed by atoms with Gasteiger partial charge in [0.15, 0.2) is 0 Å². The Hall–Kier alpha value is -1.89. The van der Waals surface area contributed by atoms with Crippen LogP contribution in [0.4, 0.5) is 0 Å². The molecule has 3 N–H and O–H groups in total. The van der Waals surface area contributed by atoms with Crippen molar-refractivity contribution in [1.82, 2.24) is 15.3 Å². The Kier molecular flexibility index (Phi) is 3.57. The minimum Gasteiger partial charge on any atom is -0.477 e. The maximum atomic E-state index is 11.9. The number of imidazole rings is 1. The minimum atomic E-state index is -1.06. The van der Waals surface area contributed by atoms with Gasteiger partial charge in [-0.25, -0.2) is 9.78 Å². The molecule has 1 unspecified atom stereocenters. The molecule has 1 fully saturated rings. The minimum absolute atomic E-state index is 0.0234. The highest BCUT2D eigenvalue weighted by atomic mass is 16.5. The molecule has 0 radical (unpaired) electrons. The van der Waals surface area contributed by atoms with E-state index in [2.05, 4.69) is 15.3 Å². The number of hydrogen-bond acceptors (Lipinski definition) is 4. The van der Waals surface area contributed by atoms with Crippen LogP contribution in [0.3, 0.4) is 0 Å². The standard InChI is InChI=1S/C12H17N3O4/c1-7(19-2)9(16)15-12(4-3-5-12)11-13-6-8(14-11)10(17)18/h6-7H,3-5H2,1-2H3,(H,13,14)(H,15,16)(H,17,18). The fourth-order valence-corrected chi connectivity index (χ4v) is 2.07. The van der Waals surface area contributed by atoms with Crippen LogP contribution in [0.25, 0.3) is 0 Å². The number of carbonyl (C=O) groups excluding carboxylic acids is 1. The summed E-state index contributed by atoms with van der Waals surface area (Å²) in [6, 6.07) is 0. The first-order valence-corrected chi connectivity index (χ1v) is 6.12. The van der Waals surface area contributed by atoms with Gasteiger partial charge in [0.25, 0.3) is 0 Å². The molecule has 1 saturated carbocycles. The number of hydrogen-bond donors (Lipinski definition) is 3. The molecule has 1 atom stereocenters. The van der Waals surface area contributed by atoms with Crippen molar-refractivity contribution in [3.63, 3.8) is 0 Å². The van der Waals surface area contributed by atoms with E-state index in [4.69, 9.17) is 9.84 Å². The second-order valence-corrected chi connectivity index (χ2v) is 4.75. The number of aromatic nitrogens is 2. The first-order valence-electron chi connectivity index (χ1n) is 6.12. The van der Waals surface area contributed by atoms with Gasteiger partial charge in [0.05, 0.1) is 11.7 Å². The van der Waals surface area contributed by atoms with E-state index in [9.17, 15) is 9.59 Å². The summed E-state index contributed by atoms with van der Waals surface area (Å²) in [7, 11) is 1.47. The predicted molar refractivity (Wildman–Crippen MR) is 65.7 cm³/mol. The summed E-state index contributed by atoms with van der Waals surface area (Å²) in [5.74, 6) is -0.798. The third-order valence-corrected chi connectivity index (χ3v) is 3.55. The maximum absolute atomic E-state index is 11.9. The highest BCUT2D eigenvalue weighted by Gasteiger charge is 2.43. The summed E-state index contributed by atoms with van der Waals surface area (Å²) in [6.45, 7) is 1.66. The third kappa shape index (κ3) is 2.46. The maximum Gasteiger partial charge on any atom is 0.353 e. The molecule has 0 bridgehead atoms. The monoisotopic (exact) mass is 267 g/mol. The van der Waals surface area contributed by atoms with Crippen LogP contribution >= 0.6 is 0 Å². The molecule has 0 aliphatic heterocycles. The van der Waals surface area contributed by atoms with Gasteiger partial charge in [-0.15, -0.1) is 0 Å².